The molecule has 0 bridgehead atoms. The number of hydrogen-bond donors (Lipinski definition) is 1. The van der Waals surface area contributed by atoms with Crippen molar-refractivity contribution in [2.75, 3.05) is 6.61 Å². The summed E-state index contributed by atoms with van der Waals surface area (Å²) < 4.78 is 5.72. The van der Waals surface area contributed by atoms with Crippen LogP contribution in [0, 0.1) is 0 Å². The molecule has 0 radical (unpaired) electrons. The molecule has 1 N–H and O–H groups in total. The molecule has 0 aliphatic carbocycles. The van der Waals surface area contributed by atoms with Crippen LogP contribution in [0.25, 0.3) is 0 Å². The third-order valence-electron chi connectivity index (χ3n) is 3.59. The average molecular weight is 277 g/mol. The molecular formula is C18H31NO. The molecule has 20 heavy (non-hydrogen) atoms. The molecule has 0 fully saturated rings. The molecule has 2 nitrogen and oxygen atoms in total. The van der Waals surface area contributed by atoms with Crippen molar-refractivity contribution in [1.82, 2.24) is 5.32 Å². The Bertz CT molecular complexity index is 334. The van der Waals surface area contributed by atoms with Crippen LogP contribution in [-0.4, -0.2) is 12.6 Å². The number of ether oxygens (including phenoxy) is 1. The lowest BCUT2D eigenvalue weighted by Gasteiger charge is -2.13. The Kier molecular flexibility index (Phi) is 9.14. The van der Waals surface area contributed by atoms with Gasteiger partial charge in [-0.15, -0.1) is 0 Å². The van der Waals surface area contributed by atoms with Crippen LogP contribution in [0.3, 0.4) is 0 Å². The molecule has 0 saturated carbocycles. The van der Waals surface area contributed by atoms with Gasteiger partial charge in [-0.05, 0) is 37.5 Å². The fourth-order valence-electron chi connectivity index (χ4n) is 2.15. The maximum atomic E-state index is 5.72. The van der Waals surface area contributed by atoms with E-state index in [-0.39, 0.29) is 0 Å². The minimum atomic E-state index is 0.597. The van der Waals surface area contributed by atoms with Crippen LogP contribution >= 0.6 is 0 Å². The van der Waals surface area contributed by atoms with Gasteiger partial charge in [0.25, 0.3) is 0 Å². The van der Waals surface area contributed by atoms with Gasteiger partial charge in [0.05, 0.1) is 6.61 Å². The molecule has 0 heterocycles. The lowest BCUT2D eigenvalue weighted by atomic mass is 10.1. The number of rotatable bonds is 11. The van der Waals surface area contributed by atoms with Gasteiger partial charge in [0.15, 0.2) is 0 Å². The first kappa shape index (κ1) is 17.0. The monoisotopic (exact) mass is 277 g/mol. The molecule has 1 aromatic carbocycles. The lowest BCUT2D eigenvalue weighted by molar-refractivity contribution is 0.306. The minimum Gasteiger partial charge on any atom is -0.494 e. The van der Waals surface area contributed by atoms with Gasteiger partial charge in [-0.1, -0.05) is 51.7 Å². The summed E-state index contributed by atoms with van der Waals surface area (Å²) in [5.41, 5.74) is 1.33. The van der Waals surface area contributed by atoms with Crippen molar-refractivity contribution in [2.24, 2.45) is 0 Å². The van der Waals surface area contributed by atoms with Crippen molar-refractivity contribution in [3.63, 3.8) is 0 Å². The van der Waals surface area contributed by atoms with Crippen LogP contribution in [0.2, 0.25) is 0 Å². The topological polar surface area (TPSA) is 21.3 Å². The SMILES string of the molecule is CCCCCOc1ccc(CNC(C)CCCC)cc1. The van der Waals surface area contributed by atoms with Crippen molar-refractivity contribution in [2.45, 2.75) is 71.9 Å². The van der Waals surface area contributed by atoms with Gasteiger partial charge in [0.1, 0.15) is 5.75 Å². The molecule has 1 aromatic rings. The van der Waals surface area contributed by atoms with E-state index in [4.69, 9.17) is 4.74 Å². The third kappa shape index (κ3) is 7.54. The van der Waals surface area contributed by atoms with Gasteiger partial charge in [-0.3, -0.25) is 0 Å². The predicted octanol–water partition coefficient (Wildman–Crippen LogP) is 4.92. The van der Waals surface area contributed by atoms with Crippen molar-refractivity contribution in [3.05, 3.63) is 29.8 Å². The normalized spacial score (nSPS) is 12.3. The summed E-state index contributed by atoms with van der Waals surface area (Å²) in [6, 6.07) is 9.09. The summed E-state index contributed by atoms with van der Waals surface area (Å²) in [4.78, 5) is 0. The van der Waals surface area contributed by atoms with E-state index in [0.717, 1.165) is 25.3 Å². The number of unbranched alkanes of at least 4 members (excludes halogenated alkanes) is 3. The van der Waals surface area contributed by atoms with Crippen LogP contribution in [-0.2, 0) is 6.54 Å². The molecule has 2 heteroatoms. The zero-order chi connectivity index (χ0) is 14.6. The summed E-state index contributed by atoms with van der Waals surface area (Å²) in [7, 11) is 0. The largest absolute Gasteiger partial charge is 0.494 e. The van der Waals surface area contributed by atoms with Crippen molar-refractivity contribution in [1.29, 1.82) is 0 Å². The third-order valence-corrected chi connectivity index (χ3v) is 3.59. The van der Waals surface area contributed by atoms with E-state index in [0.29, 0.717) is 6.04 Å². The van der Waals surface area contributed by atoms with Crippen LogP contribution < -0.4 is 10.1 Å². The molecule has 0 aliphatic rings. The summed E-state index contributed by atoms with van der Waals surface area (Å²) in [5, 5.41) is 3.57. The Morgan fingerprint density at radius 2 is 1.70 bits per heavy atom. The molecule has 114 valence electrons. The zero-order valence-corrected chi connectivity index (χ0v) is 13.5. The molecule has 1 atom stereocenters. The van der Waals surface area contributed by atoms with Crippen LogP contribution in [0.5, 0.6) is 5.75 Å². The fraction of sp³-hybridized carbons (Fsp3) is 0.667. The highest BCUT2D eigenvalue weighted by Crippen LogP contribution is 2.13. The second-order valence-electron chi connectivity index (χ2n) is 5.62. The van der Waals surface area contributed by atoms with Crippen molar-refractivity contribution < 1.29 is 4.74 Å². The van der Waals surface area contributed by atoms with E-state index in [1.807, 2.05) is 0 Å². The first-order valence-electron chi connectivity index (χ1n) is 8.21. The van der Waals surface area contributed by atoms with Gasteiger partial charge >= 0.3 is 0 Å². The second kappa shape index (κ2) is 10.7. The standard InChI is InChI=1S/C18H31NO/c1-4-6-8-14-20-18-12-10-17(11-13-18)15-19-16(3)9-7-5-2/h10-13,16,19H,4-9,14-15H2,1-3H3. The van der Waals surface area contributed by atoms with Crippen LogP contribution in [0.1, 0.15) is 64.9 Å². The van der Waals surface area contributed by atoms with Gasteiger partial charge in [0.2, 0.25) is 0 Å². The highest BCUT2D eigenvalue weighted by Gasteiger charge is 2.01. The van der Waals surface area contributed by atoms with Crippen molar-refractivity contribution in [3.8, 4) is 5.75 Å². The van der Waals surface area contributed by atoms with E-state index in [1.54, 1.807) is 0 Å². The molecule has 0 aliphatic heterocycles. The summed E-state index contributed by atoms with van der Waals surface area (Å²) in [6.45, 7) is 8.50. The zero-order valence-electron chi connectivity index (χ0n) is 13.5. The highest BCUT2D eigenvalue weighted by atomic mass is 16.5. The molecule has 0 saturated heterocycles. The minimum absolute atomic E-state index is 0.597. The Labute approximate surface area is 124 Å². The number of hydrogen-bond acceptors (Lipinski definition) is 2. The number of nitrogens with one attached hydrogen (secondary N) is 1. The average Bonchev–Trinajstić information content (AvgIpc) is 2.48. The second-order valence-corrected chi connectivity index (χ2v) is 5.62. The van der Waals surface area contributed by atoms with E-state index >= 15 is 0 Å². The van der Waals surface area contributed by atoms with Gasteiger partial charge in [0, 0.05) is 12.6 Å². The molecule has 0 spiro atoms. The Morgan fingerprint density at radius 3 is 2.35 bits per heavy atom. The van der Waals surface area contributed by atoms with Gasteiger partial charge in [-0.2, -0.15) is 0 Å². The van der Waals surface area contributed by atoms with E-state index in [9.17, 15) is 0 Å². The van der Waals surface area contributed by atoms with E-state index in [1.165, 1.54) is 37.7 Å². The molecular weight excluding hydrogens is 246 g/mol. The molecule has 1 rings (SSSR count). The maximum absolute atomic E-state index is 5.72. The van der Waals surface area contributed by atoms with E-state index in [2.05, 4.69) is 50.4 Å². The lowest BCUT2D eigenvalue weighted by Crippen LogP contribution is -2.25. The molecule has 0 amide bonds. The fourth-order valence-corrected chi connectivity index (χ4v) is 2.15. The number of benzene rings is 1. The smallest absolute Gasteiger partial charge is 0.119 e. The highest BCUT2D eigenvalue weighted by molar-refractivity contribution is 5.27. The quantitative estimate of drug-likeness (QED) is 0.579. The Hall–Kier alpha value is -1.02. The summed E-state index contributed by atoms with van der Waals surface area (Å²) in [6.07, 6.45) is 7.47. The van der Waals surface area contributed by atoms with Gasteiger partial charge in [-0.25, -0.2) is 0 Å². The first-order valence-corrected chi connectivity index (χ1v) is 8.21. The maximum Gasteiger partial charge on any atom is 0.119 e. The Balaban J connectivity index is 2.24. The predicted molar refractivity (Wildman–Crippen MR) is 87.3 cm³/mol. The van der Waals surface area contributed by atoms with Gasteiger partial charge < -0.3 is 10.1 Å². The first-order chi connectivity index (χ1) is 9.76. The molecule has 1 unspecified atom stereocenters. The summed E-state index contributed by atoms with van der Waals surface area (Å²) in [5.74, 6) is 0.990. The molecule has 0 aromatic heterocycles. The van der Waals surface area contributed by atoms with Crippen molar-refractivity contribution >= 4 is 0 Å². The Morgan fingerprint density at radius 1 is 1.00 bits per heavy atom. The summed E-state index contributed by atoms with van der Waals surface area (Å²) >= 11 is 0. The van der Waals surface area contributed by atoms with E-state index < -0.39 is 0 Å². The van der Waals surface area contributed by atoms with Crippen LogP contribution in [0.15, 0.2) is 24.3 Å². The van der Waals surface area contributed by atoms with Crippen LogP contribution in [0.4, 0.5) is 0 Å².